The molecule has 1 fully saturated rings. The second-order valence-corrected chi connectivity index (χ2v) is 7.55. The molecule has 7 nitrogen and oxygen atoms in total. The summed E-state index contributed by atoms with van der Waals surface area (Å²) in [4.78, 5) is 32.8. The quantitative estimate of drug-likeness (QED) is 0.557. The lowest BCUT2D eigenvalue weighted by atomic mass is 10.2. The Morgan fingerprint density at radius 3 is 2.43 bits per heavy atom. The van der Waals surface area contributed by atoms with E-state index in [9.17, 15) is 9.59 Å². The van der Waals surface area contributed by atoms with Gasteiger partial charge in [-0.2, -0.15) is 0 Å². The van der Waals surface area contributed by atoms with Crippen LogP contribution < -0.4 is 11.2 Å². The van der Waals surface area contributed by atoms with Crippen LogP contribution in [0.2, 0.25) is 0 Å². The number of benzene rings is 2. The standard InChI is InChI=1S/C23H22N4O3/c28-22-19-21(27(23(29)25-22)14-16-8-3-1-4-9-16)24-20(17-10-5-2-6-11-17)26(19)15-18-12-7-13-30-18/h1-6,8-11,18H,7,12-15H2,(H,25,28,29). The van der Waals surface area contributed by atoms with Crippen molar-refractivity contribution >= 4 is 11.2 Å². The van der Waals surface area contributed by atoms with Gasteiger partial charge in [-0.1, -0.05) is 60.7 Å². The van der Waals surface area contributed by atoms with E-state index < -0.39 is 11.2 Å². The van der Waals surface area contributed by atoms with Gasteiger partial charge in [-0.25, -0.2) is 9.78 Å². The summed E-state index contributed by atoms with van der Waals surface area (Å²) in [5, 5.41) is 0. The third-order valence-electron chi connectivity index (χ3n) is 5.51. The van der Waals surface area contributed by atoms with Gasteiger partial charge in [0, 0.05) is 12.2 Å². The number of fused-ring (bicyclic) bond motifs is 1. The summed E-state index contributed by atoms with van der Waals surface area (Å²) in [6.45, 7) is 1.58. The largest absolute Gasteiger partial charge is 0.376 e. The molecule has 1 N–H and O–H groups in total. The van der Waals surface area contributed by atoms with E-state index in [1.54, 1.807) is 0 Å². The van der Waals surface area contributed by atoms with Gasteiger partial charge in [-0.3, -0.25) is 14.3 Å². The summed E-state index contributed by atoms with van der Waals surface area (Å²) in [6.07, 6.45) is 1.97. The minimum Gasteiger partial charge on any atom is -0.376 e. The summed E-state index contributed by atoms with van der Waals surface area (Å²) < 4.78 is 9.26. The van der Waals surface area contributed by atoms with Gasteiger partial charge in [0.1, 0.15) is 5.82 Å². The molecule has 5 rings (SSSR count). The van der Waals surface area contributed by atoms with E-state index in [2.05, 4.69) is 4.98 Å². The van der Waals surface area contributed by atoms with Gasteiger partial charge in [0.25, 0.3) is 5.56 Å². The zero-order chi connectivity index (χ0) is 20.5. The van der Waals surface area contributed by atoms with Crippen molar-refractivity contribution in [3.63, 3.8) is 0 Å². The van der Waals surface area contributed by atoms with Crippen molar-refractivity contribution in [3.8, 4) is 11.4 Å². The summed E-state index contributed by atoms with van der Waals surface area (Å²) in [5.41, 5.74) is 1.77. The lowest BCUT2D eigenvalue weighted by Crippen LogP contribution is -2.32. The van der Waals surface area contributed by atoms with Crippen LogP contribution >= 0.6 is 0 Å². The number of hydrogen-bond acceptors (Lipinski definition) is 4. The lowest BCUT2D eigenvalue weighted by molar-refractivity contribution is 0.0982. The van der Waals surface area contributed by atoms with E-state index in [1.165, 1.54) is 4.57 Å². The fourth-order valence-corrected chi connectivity index (χ4v) is 4.06. The fraction of sp³-hybridized carbons (Fsp3) is 0.261. The highest BCUT2D eigenvalue weighted by molar-refractivity contribution is 5.77. The van der Waals surface area contributed by atoms with E-state index in [0.717, 1.165) is 30.6 Å². The van der Waals surface area contributed by atoms with Crippen LogP contribution in [-0.4, -0.2) is 31.8 Å². The maximum atomic E-state index is 12.9. The van der Waals surface area contributed by atoms with Crippen LogP contribution in [0.25, 0.3) is 22.6 Å². The Kier molecular flexibility index (Phi) is 4.80. The monoisotopic (exact) mass is 402 g/mol. The third kappa shape index (κ3) is 3.37. The highest BCUT2D eigenvalue weighted by atomic mass is 16.5. The van der Waals surface area contributed by atoms with Gasteiger partial charge in [-0.15, -0.1) is 0 Å². The number of aromatic amines is 1. The molecule has 0 bridgehead atoms. The predicted octanol–water partition coefficient (Wildman–Crippen LogP) is 2.78. The first-order chi connectivity index (χ1) is 14.7. The summed E-state index contributed by atoms with van der Waals surface area (Å²) in [6, 6.07) is 19.4. The minimum absolute atomic E-state index is 0.0266. The normalized spacial score (nSPS) is 16.3. The zero-order valence-corrected chi connectivity index (χ0v) is 16.5. The molecule has 3 heterocycles. The molecule has 4 aromatic rings. The number of nitrogens with one attached hydrogen (secondary N) is 1. The average Bonchev–Trinajstić information content (AvgIpc) is 3.41. The third-order valence-corrected chi connectivity index (χ3v) is 5.51. The molecule has 0 spiro atoms. The topological polar surface area (TPSA) is 81.9 Å². The first-order valence-electron chi connectivity index (χ1n) is 10.1. The van der Waals surface area contributed by atoms with E-state index >= 15 is 0 Å². The number of ether oxygens (including phenoxy) is 1. The number of hydrogen-bond donors (Lipinski definition) is 1. The highest BCUT2D eigenvalue weighted by Crippen LogP contribution is 2.25. The molecule has 0 radical (unpaired) electrons. The molecular formula is C23H22N4O3. The van der Waals surface area contributed by atoms with Gasteiger partial charge in [0.05, 0.1) is 19.2 Å². The maximum absolute atomic E-state index is 12.9. The molecule has 1 atom stereocenters. The Morgan fingerprint density at radius 1 is 1.00 bits per heavy atom. The van der Waals surface area contributed by atoms with Crippen molar-refractivity contribution in [1.82, 2.24) is 19.1 Å². The Morgan fingerprint density at radius 2 is 1.73 bits per heavy atom. The van der Waals surface area contributed by atoms with Crippen molar-refractivity contribution in [3.05, 3.63) is 87.1 Å². The maximum Gasteiger partial charge on any atom is 0.330 e. The van der Waals surface area contributed by atoms with Gasteiger partial charge < -0.3 is 9.30 Å². The number of nitrogens with zero attached hydrogens (tertiary/aromatic N) is 3. The fourth-order valence-electron chi connectivity index (χ4n) is 4.06. The molecule has 0 aliphatic carbocycles. The zero-order valence-electron chi connectivity index (χ0n) is 16.5. The smallest absolute Gasteiger partial charge is 0.330 e. The number of H-pyrrole nitrogens is 1. The van der Waals surface area contributed by atoms with E-state index in [-0.39, 0.29) is 6.10 Å². The minimum atomic E-state index is -0.460. The van der Waals surface area contributed by atoms with Gasteiger partial charge in [0.2, 0.25) is 0 Å². The molecule has 2 aromatic heterocycles. The second kappa shape index (κ2) is 7.76. The Labute approximate surface area is 172 Å². The van der Waals surface area contributed by atoms with Crippen molar-refractivity contribution in [2.24, 2.45) is 0 Å². The molecular weight excluding hydrogens is 380 g/mol. The molecule has 30 heavy (non-hydrogen) atoms. The summed E-state index contributed by atoms with van der Waals surface area (Å²) >= 11 is 0. The predicted molar refractivity (Wildman–Crippen MR) is 115 cm³/mol. The Hall–Kier alpha value is -3.45. The van der Waals surface area contributed by atoms with Crippen molar-refractivity contribution in [2.75, 3.05) is 6.61 Å². The average molecular weight is 402 g/mol. The van der Waals surface area contributed by atoms with Crippen LogP contribution in [0.15, 0.2) is 70.3 Å². The molecule has 152 valence electrons. The number of imidazole rings is 1. The van der Waals surface area contributed by atoms with E-state index in [4.69, 9.17) is 9.72 Å². The molecule has 1 aliphatic rings. The molecule has 0 saturated carbocycles. The van der Waals surface area contributed by atoms with Crippen LogP contribution in [0, 0.1) is 0 Å². The molecule has 1 unspecified atom stereocenters. The Balaban J connectivity index is 1.74. The van der Waals surface area contributed by atoms with Gasteiger partial charge in [0.15, 0.2) is 11.2 Å². The molecule has 7 heteroatoms. The number of aromatic nitrogens is 4. The summed E-state index contributed by atoms with van der Waals surface area (Å²) in [5.74, 6) is 0.666. The first kappa shape index (κ1) is 18.6. The summed E-state index contributed by atoms with van der Waals surface area (Å²) in [7, 11) is 0. The number of rotatable bonds is 5. The van der Waals surface area contributed by atoms with Crippen molar-refractivity contribution in [2.45, 2.75) is 32.0 Å². The van der Waals surface area contributed by atoms with Crippen LogP contribution in [0.3, 0.4) is 0 Å². The first-order valence-corrected chi connectivity index (χ1v) is 10.1. The van der Waals surface area contributed by atoms with E-state index in [0.29, 0.717) is 30.1 Å². The Bertz CT molecular complexity index is 1280. The molecule has 2 aromatic carbocycles. The molecule has 0 amide bonds. The second-order valence-electron chi connectivity index (χ2n) is 7.55. The molecule has 1 saturated heterocycles. The SMILES string of the molecule is O=c1[nH]c(=O)n(Cc2ccccc2)c2nc(-c3ccccc3)n(CC3CCCO3)c12. The van der Waals surface area contributed by atoms with Crippen LogP contribution in [-0.2, 0) is 17.8 Å². The van der Waals surface area contributed by atoms with Gasteiger partial charge >= 0.3 is 5.69 Å². The van der Waals surface area contributed by atoms with Gasteiger partial charge in [-0.05, 0) is 18.4 Å². The lowest BCUT2D eigenvalue weighted by Gasteiger charge is -2.14. The van der Waals surface area contributed by atoms with Crippen molar-refractivity contribution < 1.29 is 4.74 Å². The van der Waals surface area contributed by atoms with E-state index in [1.807, 2.05) is 65.2 Å². The van der Waals surface area contributed by atoms with Crippen LogP contribution in [0.1, 0.15) is 18.4 Å². The van der Waals surface area contributed by atoms with Crippen molar-refractivity contribution in [1.29, 1.82) is 0 Å². The van der Waals surface area contributed by atoms with Crippen LogP contribution in [0.5, 0.6) is 0 Å². The van der Waals surface area contributed by atoms with Crippen LogP contribution in [0.4, 0.5) is 0 Å². The molecule has 1 aliphatic heterocycles. The highest BCUT2D eigenvalue weighted by Gasteiger charge is 2.24.